The number of nitrogens with one attached hydrogen (secondary N) is 1. The Labute approximate surface area is 129 Å². The quantitative estimate of drug-likeness (QED) is 0.895. The van der Waals surface area contributed by atoms with Gasteiger partial charge >= 0.3 is 5.97 Å². The Hall–Kier alpha value is -2.56. The number of aryl methyl sites for hydroxylation is 2. The fourth-order valence-corrected chi connectivity index (χ4v) is 2.36. The van der Waals surface area contributed by atoms with E-state index in [2.05, 4.69) is 5.32 Å². The van der Waals surface area contributed by atoms with Gasteiger partial charge in [-0.2, -0.15) is 0 Å². The number of rotatable bonds is 4. The molecule has 0 saturated heterocycles. The van der Waals surface area contributed by atoms with Crippen LogP contribution in [0.25, 0.3) is 0 Å². The molecule has 0 aliphatic rings. The van der Waals surface area contributed by atoms with Crippen LogP contribution < -0.4 is 5.32 Å². The van der Waals surface area contributed by atoms with Crippen molar-refractivity contribution in [3.05, 3.63) is 52.5 Å². The molecule has 5 nitrogen and oxygen atoms in total. The summed E-state index contributed by atoms with van der Waals surface area (Å²) in [6.45, 7) is 7.44. The van der Waals surface area contributed by atoms with Crippen LogP contribution in [0.15, 0.2) is 28.9 Å². The molecular weight excluding hydrogens is 282 g/mol. The van der Waals surface area contributed by atoms with Crippen molar-refractivity contribution in [2.75, 3.05) is 5.32 Å². The highest BCUT2D eigenvalue weighted by Gasteiger charge is 2.19. The second kappa shape index (κ2) is 6.05. The highest BCUT2D eigenvalue weighted by molar-refractivity contribution is 6.06. The normalized spacial score (nSPS) is 10.8. The number of hydrogen-bond acceptors (Lipinski definition) is 3. The van der Waals surface area contributed by atoms with Crippen LogP contribution in [0.1, 0.15) is 57.4 Å². The number of benzene rings is 1. The lowest BCUT2D eigenvalue weighted by Crippen LogP contribution is -2.15. The summed E-state index contributed by atoms with van der Waals surface area (Å²) in [4.78, 5) is 23.6. The number of carboxylic acids is 1. The summed E-state index contributed by atoms with van der Waals surface area (Å²) in [6.07, 6.45) is 1.48. The molecule has 22 heavy (non-hydrogen) atoms. The molecule has 1 aromatic carbocycles. The third-order valence-electron chi connectivity index (χ3n) is 3.51. The van der Waals surface area contributed by atoms with Crippen molar-refractivity contribution in [2.45, 2.75) is 33.6 Å². The third-order valence-corrected chi connectivity index (χ3v) is 3.51. The van der Waals surface area contributed by atoms with E-state index >= 15 is 0 Å². The predicted octanol–water partition coefficient (Wildman–Crippen LogP) is 3.97. The Morgan fingerprint density at radius 3 is 2.41 bits per heavy atom. The maximum Gasteiger partial charge on any atom is 0.336 e. The maximum absolute atomic E-state index is 12.4. The van der Waals surface area contributed by atoms with E-state index in [0.29, 0.717) is 22.6 Å². The number of hydrogen-bond donors (Lipinski definition) is 2. The van der Waals surface area contributed by atoms with E-state index < -0.39 is 5.97 Å². The van der Waals surface area contributed by atoms with Crippen LogP contribution in [-0.2, 0) is 0 Å². The molecule has 0 unspecified atom stereocenters. The summed E-state index contributed by atoms with van der Waals surface area (Å²) in [7, 11) is 0. The number of anilines is 1. The van der Waals surface area contributed by atoms with Gasteiger partial charge in [-0.3, -0.25) is 4.79 Å². The van der Waals surface area contributed by atoms with Crippen molar-refractivity contribution in [3.63, 3.8) is 0 Å². The summed E-state index contributed by atoms with van der Waals surface area (Å²) < 4.78 is 5.34. The van der Waals surface area contributed by atoms with Gasteiger partial charge in [0.2, 0.25) is 0 Å². The standard InChI is InChI=1S/C17H19NO4/c1-9(2)15-12(5-6-22-15)16(19)18-14-8-13(17(20)21)10(3)7-11(14)4/h5-9H,1-4H3,(H,18,19)(H,20,21). The van der Waals surface area contributed by atoms with Crippen LogP contribution in [0.2, 0.25) is 0 Å². The molecule has 0 aliphatic carbocycles. The van der Waals surface area contributed by atoms with Crippen LogP contribution in [-0.4, -0.2) is 17.0 Å². The summed E-state index contributed by atoms with van der Waals surface area (Å²) >= 11 is 0. The van der Waals surface area contributed by atoms with E-state index in [-0.39, 0.29) is 17.4 Å². The first-order valence-corrected chi connectivity index (χ1v) is 7.04. The molecule has 5 heteroatoms. The van der Waals surface area contributed by atoms with E-state index in [9.17, 15) is 14.7 Å². The Kier molecular flexibility index (Phi) is 4.35. The number of amides is 1. The number of aromatic carboxylic acids is 1. The van der Waals surface area contributed by atoms with Gasteiger partial charge in [-0.05, 0) is 37.1 Å². The second-order valence-corrected chi connectivity index (χ2v) is 5.59. The van der Waals surface area contributed by atoms with Crippen molar-refractivity contribution >= 4 is 17.6 Å². The van der Waals surface area contributed by atoms with Gasteiger partial charge in [-0.25, -0.2) is 4.79 Å². The molecule has 0 spiro atoms. The molecule has 0 bridgehead atoms. The van der Waals surface area contributed by atoms with E-state index in [1.165, 1.54) is 12.3 Å². The Bertz CT molecular complexity index is 728. The van der Waals surface area contributed by atoms with E-state index in [1.807, 2.05) is 20.8 Å². The fourth-order valence-electron chi connectivity index (χ4n) is 2.36. The van der Waals surface area contributed by atoms with Crippen LogP contribution in [0, 0.1) is 13.8 Å². The SMILES string of the molecule is Cc1cc(C)c(C(=O)O)cc1NC(=O)c1ccoc1C(C)C. The van der Waals surface area contributed by atoms with E-state index in [4.69, 9.17) is 4.42 Å². The molecule has 1 aromatic heterocycles. The minimum Gasteiger partial charge on any atom is -0.478 e. The van der Waals surface area contributed by atoms with Crippen molar-refractivity contribution in [1.82, 2.24) is 0 Å². The number of carboxylic acid groups (broad SMARTS) is 1. The lowest BCUT2D eigenvalue weighted by Gasteiger charge is -2.12. The van der Waals surface area contributed by atoms with Gasteiger partial charge in [0.1, 0.15) is 5.76 Å². The number of carbonyl (C=O) groups excluding carboxylic acids is 1. The molecule has 2 rings (SSSR count). The van der Waals surface area contributed by atoms with Gasteiger partial charge in [0.25, 0.3) is 5.91 Å². The van der Waals surface area contributed by atoms with Gasteiger partial charge in [0.05, 0.1) is 17.4 Å². The highest BCUT2D eigenvalue weighted by atomic mass is 16.4. The molecular formula is C17H19NO4. The lowest BCUT2D eigenvalue weighted by atomic mass is 10.0. The van der Waals surface area contributed by atoms with Gasteiger partial charge in [0.15, 0.2) is 0 Å². The Morgan fingerprint density at radius 2 is 1.82 bits per heavy atom. The van der Waals surface area contributed by atoms with E-state index in [1.54, 1.807) is 19.1 Å². The third kappa shape index (κ3) is 3.03. The predicted molar refractivity (Wildman–Crippen MR) is 83.6 cm³/mol. The number of furan rings is 1. The number of carbonyl (C=O) groups is 2. The molecule has 1 heterocycles. The second-order valence-electron chi connectivity index (χ2n) is 5.59. The molecule has 0 radical (unpaired) electrons. The Morgan fingerprint density at radius 1 is 1.14 bits per heavy atom. The van der Waals surface area contributed by atoms with Crippen LogP contribution >= 0.6 is 0 Å². The summed E-state index contributed by atoms with van der Waals surface area (Å²) in [5.41, 5.74) is 2.60. The van der Waals surface area contributed by atoms with Crippen LogP contribution in [0.4, 0.5) is 5.69 Å². The van der Waals surface area contributed by atoms with E-state index in [0.717, 1.165) is 5.56 Å². The zero-order valence-electron chi connectivity index (χ0n) is 13.1. The minimum absolute atomic E-state index is 0.0874. The molecule has 1 amide bonds. The summed E-state index contributed by atoms with van der Waals surface area (Å²) in [5.74, 6) is -0.620. The summed E-state index contributed by atoms with van der Waals surface area (Å²) in [5, 5.41) is 12.0. The van der Waals surface area contributed by atoms with Gasteiger partial charge in [0, 0.05) is 11.6 Å². The first kappa shape index (κ1) is 15.8. The lowest BCUT2D eigenvalue weighted by molar-refractivity contribution is 0.0695. The van der Waals surface area contributed by atoms with Gasteiger partial charge < -0.3 is 14.8 Å². The monoisotopic (exact) mass is 301 g/mol. The minimum atomic E-state index is -1.01. The van der Waals surface area contributed by atoms with Crippen molar-refractivity contribution in [2.24, 2.45) is 0 Å². The highest BCUT2D eigenvalue weighted by Crippen LogP contribution is 2.24. The molecule has 0 aliphatic heterocycles. The van der Waals surface area contributed by atoms with Gasteiger partial charge in [-0.15, -0.1) is 0 Å². The topological polar surface area (TPSA) is 79.5 Å². The zero-order chi connectivity index (χ0) is 16.4. The summed E-state index contributed by atoms with van der Waals surface area (Å²) in [6, 6.07) is 4.85. The van der Waals surface area contributed by atoms with Gasteiger partial charge in [-0.1, -0.05) is 19.9 Å². The average molecular weight is 301 g/mol. The smallest absolute Gasteiger partial charge is 0.336 e. The molecule has 0 fully saturated rings. The molecule has 0 atom stereocenters. The van der Waals surface area contributed by atoms with Crippen molar-refractivity contribution in [1.29, 1.82) is 0 Å². The van der Waals surface area contributed by atoms with Crippen LogP contribution in [0.5, 0.6) is 0 Å². The maximum atomic E-state index is 12.4. The largest absolute Gasteiger partial charge is 0.478 e. The molecule has 116 valence electrons. The molecule has 2 N–H and O–H groups in total. The van der Waals surface area contributed by atoms with Crippen molar-refractivity contribution in [3.8, 4) is 0 Å². The fraction of sp³-hybridized carbons (Fsp3) is 0.294. The first-order chi connectivity index (χ1) is 10.3. The average Bonchev–Trinajstić information content (AvgIpc) is 2.90. The van der Waals surface area contributed by atoms with Crippen molar-refractivity contribution < 1.29 is 19.1 Å². The molecule has 0 saturated carbocycles. The molecule has 2 aromatic rings. The Balaban J connectivity index is 2.34. The van der Waals surface area contributed by atoms with Crippen LogP contribution in [0.3, 0.4) is 0 Å². The zero-order valence-corrected chi connectivity index (χ0v) is 13.1. The first-order valence-electron chi connectivity index (χ1n) is 7.04.